The van der Waals surface area contributed by atoms with Crippen molar-refractivity contribution in [2.45, 2.75) is 13.3 Å². The molecule has 0 saturated carbocycles. The summed E-state index contributed by atoms with van der Waals surface area (Å²) >= 11 is 5.92. The van der Waals surface area contributed by atoms with Crippen LogP contribution in [0.2, 0.25) is 0 Å². The fourth-order valence-electron chi connectivity index (χ4n) is 0.804. The van der Waals surface area contributed by atoms with Crippen LogP contribution in [0.1, 0.15) is 12.5 Å². The van der Waals surface area contributed by atoms with Crippen molar-refractivity contribution in [3.63, 3.8) is 0 Å². The van der Waals surface area contributed by atoms with Gasteiger partial charge in [0.2, 0.25) is 0 Å². The molecule has 2 nitrogen and oxygen atoms in total. The van der Waals surface area contributed by atoms with Crippen molar-refractivity contribution in [3.8, 4) is 0 Å². The molecule has 0 spiro atoms. The van der Waals surface area contributed by atoms with E-state index in [9.17, 15) is 0 Å². The molecule has 11 heavy (non-hydrogen) atoms. The molecule has 0 aliphatic carbocycles. The van der Waals surface area contributed by atoms with Gasteiger partial charge in [0.05, 0.1) is 10.2 Å². The highest BCUT2D eigenvalue weighted by Crippen LogP contribution is 2.31. The summed E-state index contributed by atoms with van der Waals surface area (Å²) in [5.41, 5.74) is 6.82. The minimum absolute atomic E-state index is 0.830. The van der Waals surface area contributed by atoms with Gasteiger partial charge < -0.3 is 5.73 Å². The van der Waals surface area contributed by atoms with E-state index in [1.807, 2.05) is 6.07 Å². The molecule has 0 atom stereocenters. The maximum atomic E-state index is 5.68. The lowest BCUT2D eigenvalue weighted by molar-refractivity contribution is 1.16. The van der Waals surface area contributed by atoms with Crippen LogP contribution in [0.15, 0.2) is 11.1 Å². The minimum atomic E-state index is 0.830. The fraction of sp³-hybridized carbons (Fsp3) is 0.286. The lowest BCUT2D eigenvalue weighted by atomic mass is 10.2. The van der Waals surface area contributed by atoms with Gasteiger partial charge in [-0.1, -0.05) is 18.3 Å². The van der Waals surface area contributed by atoms with E-state index in [1.165, 1.54) is 11.3 Å². The first-order chi connectivity index (χ1) is 5.27. The topological polar surface area (TPSA) is 38.4 Å². The average Bonchev–Trinajstić information content (AvgIpc) is 2.32. The zero-order valence-electron chi connectivity index (χ0n) is 6.13. The quantitative estimate of drug-likeness (QED) is 0.567. The van der Waals surface area contributed by atoms with Gasteiger partial charge in [0.1, 0.15) is 5.00 Å². The van der Waals surface area contributed by atoms with Gasteiger partial charge in [-0.05, 0) is 30.3 Å². The Hall–Kier alpha value is -0.700. The highest BCUT2D eigenvalue weighted by molar-refractivity contribution is 7.78. The largest absolute Gasteiger partial charge is 0.390 e. The smallest absolute Gasteiger partial charge is 0.129 e. The van der Waals surface area contributed by atoms with Crippen molar-refractivity contribution < 1.29 is 0 Å². The molecule has 4 heteroatoms. The minimum Gasteiger partial charge on any atom is -0.390 e. The van der Waals surface area contributed by atoms with Gasteiger partial charge in [-0.3, -0.25) is 0 Å². The Morgan fingerprint density at radius 2 is 2.55 bits per heavy atom. The maximum Gasteiger partial charge on any atom is 0.129 e. The highest BCUT2D eigenvalue weighted by Gasteiger charge is 2.01. The molecule has 0 radical (unpaired) electrons. The molecule has 0 aromatic carbocycles. The number of nitrogen functional groups attached to an aromatic ring is 1. The second-order valence-corrected chi connectivity index (χ2v) is 3.28. The molecular weight excluding hydrogens is 176 g/mol. The SMILES string of the molecule is CCc1cc(N=C=S)sc1N. The van der Waals surface area contributed by atoms with Crippen molar-refractivity contribution in [3.05, 3.63) is 11.6 Å². The van der Waals surface area contributed by atoms with Gasteiger partial charge in [-0.15, -0.1) is 0 Å². The van der Waals surface area contributed by atoms with Crippen LogP contribution < -0.4 is 5.73 Å². The van der Waals surface area contributed by atoms with Gasteiger partial charge in [0.15, 0.2) is 0 Å². The Kier molecular flexibility index (Phi) is 2.76. The molecule has 0 saturated heterocycles. The van der Waals surface area contributed by atoms with Crippen LogP contribution >= 0.6 is 23.6 Å². The van der Waals surface area contributed by atoms with E-state index in [-0.39, 0.29) is 0 Å². The highest BCUT2D eigenvalue weighted by atomic mass is 32.1. The van der Waals surface area contributed by atoms with Crippen LogP contribution in [0.5, 0.6) is 0 Å². The lowest BCUT2D eigenvalue weighted by Gasteiger charge is -1.87. The second kappa shape index (κ2) is 3.62. The van der Waals surface area contributed by atoms with Crippen LogP contribution in [-0.2, 0) is 6.42 Å². The van der Waals surface area contributed by atoms with Crippen LogP contribution in [0, 0.1) is 0 Å². The first kappa shape index (κ1) is 8.40. The van der Waals surface area contributed by atoms with E-state index in [0.717, 1.165) is 22.0 Å². The maximum absolute atomic E-state index is 5.68. The van der Waals surface area contributed by atoms with Crippen LogP contribution in [-0.4, -0.2) is 5.16 Å². The number of aryl methyl sites for hydroxylation is 1. The third-order valence-corrected chi connectivity index (χ3v) is 2.36. The van der Waals surface area contributed by atoms with Gasteiger partial charge in [-0.2, -0.15) is 4.99 Å². The zero-order valence-corrected chi connectivity index (χ0v) is 7.76. The number of hydrogen-bond acceptors (Lipinski definition) is 4. The number of nitrogens with two attached hydrogens (primary N) is 1. The molecule has 0 aliphatic heterocycles. The van der Waals surface area contributed by atoms with Gasteiger partial charge in [-0.25, -0.2) is 0 Å². The number of nitrogens with zero attached hydrogens (tertiary/aromatic N) is 1. The predicted molar refractivity (Wildman–Crippen MR) is 52.8 cm³/mol. The first-order valence-electron chi connectivity index (χ1n) is 3.24. The summed E-state index contributed by atoms with van der Waals surface area (Å²) in [6.45, 7) is 2.06. The monoisotopic (exact) mass is 184 g/mol. The van der Waals surface area contributed by atoms with Crippen molar-refractivity contribution in [1.29, 1.82) is 0 Å². The van der Waals surface area contributed by atoms with Crippen molar-refractivity contribution in [1.82, 2.24) is 0 Å². The molecule has 58 valence electrons. The summed E-state index contributed by atoms with van der Waals surface area (Å²) < 4.78 is 0. The van der Waals surface area contributed by atoms with Crippen molar-refractivity contribution in [2.24, 2.45) is 4.99 Å². The van der Waals surface area contributed by atoms with Crippen molar-refractivity contribution >= 4 is 38.7 Å². The molecular formula is C7H8N2S2. The lowest BCUT2D eigenvalue weighted by Crippen LogP contribution is -1.83. The summed E-state index contributed by atoms with van der Waals surface area (Å²) in [6.07, 6.45) is 0.940. The molecule has 0 amide bonds. The fourth-order valence-corrected chi connectivity index (χ4v) is 1.81. The second-order valence-electron chi connectivity index (χ2n) is 2.03. The third-order valence-electron chi connectivity index (χ3n) is 1.37. The molecule has 0 aliphatic rings. The number of thiocarbonyl (C=S) groups is 1. The zero-order chi connectivity index (χ0) is 8.27. The number of isothiocyanates is 1. The Morgan fingerprint density at radius 3 is 3.00 bits per heavy atom. The first-order valence-corrected chi connectivity index (χ1v) is 4.46. The van der Waals surface area contributed by atoms with Crippen LogP contribution in [0.25, 0.3) is 0 Å². The Labute approximate surface area is 74.8 Å². The number of aliphatic imine (C=N–C) groups is 1. The van der Waals surface area contributed by atoms with E-state index in [1.54, 1.807) is 0 Å². The van der Waals surface area contributed by atoms with Gasteiger partial charge in [0.25, 0.3) is 0 Å². The van der Waals surface area contributed by atoms with E-state index in [4.69, 9.17) is 5.73 Å². The third kappa shape index (κ3) is 1.87. The summed E-state index contributed by atoms with van der Waals surface area (Å²) in [7, 11) is 0. The Balaban J connectivity index is 3.04. The summed E-state index contributed by atoms with van der Waals surface area (Å²) in [5.74, 6) is 0. The van der Waals surface area contributed by atoms with Crippen LogP contribution in [0.4, 0.5) is 10.0 Å². The van der Waals surface area contributed by atoms with E-state index >= 15 is 0 Å². The standard InChI is InChI=1S/C7H8N2S2/c1-2-5-3-6(9-4-10)11-7(5)8/h3H,2,8H2,1H3. The normalized spacial score (nSPS) is 9.18. The predicted octanol–water partition coefficient (Wildman–Crippen LogP) is 2.63. The number of rotatable bonds is 2. The molecule has 0 bridgehead atoms. The Bertz CT molecular complexity index is 297. The molecule has 1 aromatic heterocycles. The van der Waals surface area contributed by atoms with Gasteiger partial charge >= 0.3 is 0 Å². The molecule has 1 heterocycles. The molecule has 2 N–H and O–H groups in total. The molecule has 1 aromatic rings. The molecule has 0 fully saturated rings. The number of anilines is 1. The number of hydrogen-bond donors (Lipinski definition) is 1. The summed E-state index contributed by atoms with van der Waals surface area (Å²) in [4.78, 5) is 3.84. The molecule has 0 unspecified atom stereocenters. The van der Waals surface area contributed by atoms with E-state index < -0.39 is 0 Å². The van der Waals surface area contributed by atoms with Crippen LogP contribution in [0.3, 0.4) is 0 Å². The van der Waals surface area contributed by atoms with E-state index in [0.29, 0.717) is 0 Å². The van der Waals surface area contributed by atoms with Gasteiger partial charge in [0, 0.05) is 0 Å². The Morgan fingerprint density at radius 1 is 1.82 bits per heavy atom. The average molecular weight is 184 g/mol. The van der Waals surface area contributed by atoms with E-state index in [2.05, 4.69) is 29.3 Å². The summed E-state index contributed by atoms with van der Waals surface area (Å²) in [6, 6.07) is 1.94. The summed E-state index contributed by atoms with van der Waals surface area (Å²) in [5, 5.41) is 3.98. The molecule has 1 rings (SSSR count). The number of thiophene rings is 1. The van der Waals surface area contributed by atoms with Crippen molar-refractivity contribution in [2.75, 3.05) is 5.73 Å².